The van der Waals surface area contributed by atoms with E-state index in [0.717, 1.165) is 18.3 Å². The summed E-state index contributed by atoms with van der Waals surface area (Å²) in [6, 6.07) is 0. The molecule has 1 N–H and O–H groups in total. The fourth-order valence-corrected chi connectivity index (χ4v) is 2.52. The van der Waals surface area contributed by atoms with Crippen molar-refractivity contribution in [1.82, 2.24) is 0 Å². The van der Waals surface area contributed by atoms with Crippen LogP contribution in [0.1, 0.15) is 86.0 Å². The van der Waals surface area contributed by atoms with E-state index in [2.05, 4.69) is 33.8 Å². The van der Waals surface area contributed by atoms with E-state index in [4.69, 9.17) is 0 Å². The predicted octanol–water partition coefficient (Wildman–Crippen LogP) is 5.73. The van der Waals surface area contributed by atoms with Gasteiger partial charge in [0.2, 0.25) is 0 Å². The fourth-order valence-electron chi connectivity index (χ4n) is 2.52. The Bertz CT molecular complexity index is 226. The van der Waals surface area contributed by atoms with Gasteiger partial charge in [0.25, 0.3) is 0 Å². The Balaban J connectivity index is 3.47. The molecule has 0 bridgehead atoms. The minimum Gasteiger partial charge on any atom is -0.393 e. The Kier molecular flexibility index (Phi) is 11.3. The van der Waals surface area contributed by atoms with E-state index in [1.807, 2.05) is 6.92 Å². The van der Waals surface area contributed by atoms with E-state index in [9.17, 15) is 5.11 Å². The van der Waals surface area contributed by atoms with Crippen molar-refractivity contribution in [2.75, 3.05) is 0 Å². The van der Waals surface area contributed by atoms with Crippen molar-refractivity contribution in [3.05, 3.63) is 11.6 Å². The van der Waals surface area contributed by atoms with Crippen LogP contribution in [0.25, 0.3) is 0 Å². The van der Waals surface area contributed by atoms with Crippen LogP contribution < -0.4 is 0 Å². The third kappa shape index (κ3) is 13.9. The smallest absolute Gasteiger partial charge is 0.0512 e. The minimum absolute atomic E-state index is 0.123. The second-order valence-electron chi connectivity index (χ2n) is 6.78. The van der Waals surface area contributed by atoms with Gasteiger partial charge in [0.15, 0.2) is 0 Å². The lowest BCUT2D eigenvalue weighted by Gasteiger charge is -2.14. The van der Waals surface area contributed by atoms with Crippen LogP contribution >= 0.6 is 0 Å². The lowest BCUT2D eigenvalue weighted by atomic mass is 9.92. The van der Waals surface area contributed by atoms with Crippen molar-refractivity contribution >= 4 is 0 Å². The maximum absolute atomic E-state index is 9.23. The quantitative estimate of drug-likeness (QED) is 0.475. The topological polar surface area (TPSA) is 20.2 Å². The largest absolute Gasteiger partial charge is 0.393 e. The molecule has 0 fully saturated rings. The third-order valence-electron chi connectivity index (χ3n) is 3.92. The van der Waals surface area contributed by atoms with Crippen molar-refractivity contribution < 1.29 is 5.11 Å². The van der Waals surface area contributed by atoms with Gasteiger partial charge >= 0.3 is 0 Å². The molecule has 0 saturated carbocycles. The standard InChI is InChI=1S/C18H36O/c1-15(2)9-6-10-16(3)11-7-12-17(4)13-8-14-18(5)19/h9,16-19H,6-8,10-14H2,1-5H3. The van der Waals surface area contributed by atoms with Gasteiger partial charge in [-0.15, -0.1) is 0 Å². The molecule has 114 valence electrons. The van der Waals surface area contributed by atoms with E-state index in [0.29, 0.717) is 0 Å². The van der Waals surface area contributed by atoms with Gasteiger partial charge in [0, 0.05) is 0 Å². The fraction of sp³-hybridized carbons (Fsp3) is 0.889. The SMILES string of the molecule is CC(C)=CCCC(C)CCCC(C)CCCC(C)O. The van der Waals surface area contributed by atoms with E-state index < -0.39 is 0 Å². The highest BCUT2D eigenvalue weighted by molar-refractivity contribution is 4.92. The van der Waals surface area contributed by atoms with Gasteiger partial charge < -0.3 is 5.11 Å². The van der Waals surface area contributed by atoms with Gasteiger partial charge in [0.05, 0.1) is 6.10 Å². The minimum atomic E-state index is -0.123. The van der Waals surface area contributed by atoms with Crippen LogP contribution in [0.5, 0.6) is 0 Å². The number of hydrogen-bond acceptors (Lipinski definition) is 1. The molecule has 0 aliphatic heterocycles. The predicted molar refractivity (Wildman–Crippen MR) is 86.4 cm³/mol. The molecule has 0 aliphatic rings. The Hall–Kier alpha value is -0.300. The van der Waals surface area contributed by atoms with Crippen molar-refractivity contribution in [1.29, 1.82) is 0 Å². The Morgan fingerprint density at radius 1 is 0.842 bits per heavy atom. The first-order valence-corrected chi connectivity index (χ1v) is 8.23. The van der Waals surface area contributed by atoms with Gasteiger partial charge in [-0.3, -0.25) is 0 Å². The van der Waals surface area contributed by atoms with Crippen LogP contribution in [0.3, 0.4) is 0 Å². The van der Waals surface area contributed by atoms with Gasteiger partial charge in [-0.1, -0.05) is 57.6 Å². The zero-order chi connectivity index (χ0) is 14.7. The van der Waals surface area contributed by atoms with E-state index in [1.54, 1.807) is 0 Å². The summed E-state index contributed by atoms with van der Waals surface area (Å²) in [5.41, 5.74) is 1.44. The summed E-state index contributed by atoms with van der Waals surface area (Å²) in [6.45, 7) is 11.0. The van der Waals surface area contributed by atoms with Crippen LogP contribution in [-0.2, 0) is 0 Å². The Morgan fingerprint density at radius 2 is 1.32 bits per heavy atom. The molecule has 0 rings (SSSR count). The second kappa shape index (κ2) is 11.5. The molecule has 0 aromatic carbocycles. The van der Waals surface area contributed by atoms with Crippen LogP contribution in [-0.4, -0.2) is 11.2 Å². The normalized spacial score (nSPS) is 15.9. The molecule has 1 nitrogen and oxygen atoms in total. The van der Waals surface area contributed by atoms with Crippen LogP contribution in [0.15, 0.2) is 11.6 Å². The molecule has 0 aromatic heterocycles. The van der Waals surface area contributed by atoms with Crippen molar-refractivity contribution in [2.24, 2.45) is 11.8 Å². The first-order valence-electron chi connectivity index (χ1n) is 8.23. The number of rotatable bonds is 11. The summed E-state index contributed by atoms with van der Waals surface area (Å²) >= 11 is 0. The summed E-state index contributed by atoms with van der Waals surface area (Å²) in [7, 11) is 0. The van der Waals surface area contributed by atoms with Crippen LogP contribution in [0, 0.1) is 11.8 Å². The summed E-state index contributed by atoms with van der Waals surface area (Å²) in [4.78, 5) is 0. The number of aliphatic hydroxyl groups is 1. The van der Waals surface area contributed by atoms with Crippen LogP contribution in [0.2, 0.25) is 0 Å². The molecular formula is C18H36O. The molecule has 0 heterocycles. The summed E-state index contributed by atoms with van der Waals surface area (Å²) in [5.74, 6) is 1.68. The van der Waals surface area contributed by atoms with Crippen molar-refractivity contribution in [3.8, 4) is 0 Å². The summed E-state index contributed by atoms with van der Waals surface area (Å²) in [6.07, 6.45) is 12.3. The molecule has 0 radical (unpaired) electrons. The van der Waals surface area contributed by atoms with Gasteiger partial charge in [-0.25, -0.2) is 0 Å². The summed E-state index contributed by atoms with van der Waals surface area (Å²) in [5, 5.41) is 9.23. The van der Waals surface area contributed by atoms with E-state index in [-0.39, 0.29) is 6.10 Å². The second-order valence-corrected chi connectivity index (χ2v) is 6.78. The lowest BCUT2D eigenvalue weighted by molar-refractivity contribution is 0.178. The first-order chi connectivity index (χ1) is 8.91. The summed E-state index contributed by atoms with van der Waals surface area (Å²) < 4.78 is 0. The average Bonchev–Trinajstić information content (AvgIpc) is 2.27. The highest BCUT2D eigenvalue weighted by Gasteiger charge is 2.06. The molecule has 0 saturated heterocycles. The molecule has 0 spiro atoms. The Labute approximate surface area is 121 Å². The zero-order valence-corrected chi connectivity index (χ0v) is 13.9. The monoisotopic (exact) mass is 268 g/mol. The average molecular weight is 268 g/mol. The maximum Gasteiger partial charge on any atom is 0.0512 e. The van der Waals surface area contributed by atoms with E-state index >= 15 is 0 Å². The maximum atomic E-state index is 9.23. The number of allylic oxidation sites excluding steroid dienone is 2. The zero-order valence-electron chi connectivity index (χ0n) is 13.9. The molecule has 0 amide bonds. The van der Waals surface area contributed by atoms with Gasteiger partial charge in [-0.05, 0) is 51.9 Å². The van der Waals surface area contributed by atoms with Crippen molar-refractivity contribution in [2.45, 2.75) is 92.1 Å². The molecule has 3 atom stereocenters. The number of aliphatic hydroxyl groups excluding tert-OH is 1. The molecule has 3 unspecified atom stereocenters. The lowest BCUT2D eigenvalue weighted by Crippen LogP contribution is -2.02. The van der Waals surface area contributed by atoms with Crippen molar-refractivity contribution in [3.63, 3.8) is 0 Å². The van der Waals surface area contributed by atoms with Gasteiger partial charge in [0.1, 0.15) is 0 Å². The molecule has 0 aliphatic carbocycles. The van der Waals surface area contributed by atoms with E-state index in [1.165, 1.54) is 50.5 Å². The molecule has 1 heteroatoms. The molecule has 19 heavy (non-hydrogen) atoms. The molecule has 0 aromatic rings. The number of hydrogen-bond donors (Lipinski definition) is 1. The van der Waals surface area contributed by atoms with Crippen LogP contribution in [0.4, 0.5) is 0 Å². The van der Waals surface area contributed by atoms with Gasteiger partial charge in [-0.2, -0.15) is 0 Å². The molecular weight excluding hydrogens is 232 g/mol. The first kappa shape index (κ1) is 18.7. The Morgan fingerprint density at radius 3 is 1.79 bits per heavy atom. The highest BCUT2D eigenvalue weighted by atomic mass is 16.3. The highest BCUT2D eigenvalue weighted by Crippen LogP contribution is 2.20. The third-order valence-corrected chi connectivity index (χ3v) is 3.92.